The molecule has 2 amide bonds. The molecule has 6 nitrogen and oxygen atoms in total. The van der Waals surface area contributed by atoms with Gasteiger partial charge in [-0.1, -0.05) is 15.9 Å². The smallest absolute Gasteiger partial charge is 0.337 e. The van der Waals surface area contributed by atoms with E-state index in [1.807, 2.05) is 13.8 Å². The Labute approximate surface area is 139 Å². The van der Waals surface area contributed by atoms with E-state index in [4.69, 9.17) is 4.74 Å². The molecule has 0 radical (unpaired) electrons. The van der Waals surface area contributed by atoms with Crippen LogP contribution in [0, 0.1) is 0 Å². The molecule has 8 heteroatoms. The molecule has 0 atom stereocenters. The molecule has 0 saturated heterocycles. The minimum absolute atomic E-state index is 0.0163. The van der Waals surface area contributed by atoms with Crippen molar-refractivity contribution in [3.05, 3.63) is 26.6 Å². The number of urea groups is 1. The fourth-order valence-corrected chi connectivity index (χ4v) is 2.72. The van der Waals surface area contributed by atoms with Gasteiger partial charge in [-0.25, -0.2) is 9.59 Å². The van der Waals surface area contributed by atoms with Gasteiger partial charge < -0.3 is 20.5 Å². The predicted molar refractivity (Wildman–Crippen MR) is 86.9 cm³/mol. The number of rotatable bonds is 5. The summed E-state index contributed by atoms with van der Waals surface area (Å²) in [6.07, 6.45) is 0. The van der Waals surface area contributed by atoms with Crippen LogP contribution in [0.3, 0.4) is 0 Å². The first-order valence-corrected chi connectivity index (χ1v) is 7.57. The van der Waals surface area contributed by atoms with Crippen LogP contribution in [0.2, 0.25) is 0 Å². The number of carboxylic acid groups (broad SMARTS) is 1. The summed E-state index contributed by atoms with van der Waals surface area (Å²) in [4.78, 5) is 23.1. The maximum absolute atomic E-state index is 11.9. The Morgan fingerprint density at radius 1 is 1.33 bits per heavy atom. The van der Waals surface area contributed by atoms with E-state index in [1.165, 1.54) is 6.07 Å². The second-order valence-corrected chi connectivity index (χ2v) is 6.66. The van der Waals surface area contributed by atoms with E-state index in [0.717, 1.165) is 0 Å². The maximum Gasteiger partial charge on any atom is 0.337 e. The average molecular weight is 424 g/mol. The number of hydrogen-bond acceptors (Lipinski definition) is 3. The molecule has 0 aliphatic rings. The van der Waals surface area contributed by atoms with Crippen LogP contribution in [-0.4, -0.2) is 36.4 Å². The zero-order chi connectivity index (χ0) is 16.2. The number of aromatic carboxylic acids is 1. The number of anilines is 1. The van der Waals surface area contributed by atoms with Crippen LogP contribution in [0.5, 0.6) is 0 Å². The third-order valence-electron chi connectivity index (χ3n) is 2.75. The van der Waals surface area contributed by atoms with Gasteiger partial charge in [-0.2, -0.15) is 0 Å². The number of carbonyl (C=O) groups is 2. The van der Waals surface area contributed by atoms with Crippen molar-refractivity contribution in [3.8, 4) is 0 Å². The molecule has 116 valence electrons. The van der Waals surface area contributed by atoms with E-state index in [9.17, 15) is 14.7 Å². The van der Waals surface area contributed by atoms with E-state index in [2.05, 4.69) is 42.5 Å². The van der Waals surface area contributed by atoms with Gasteiger partial charge in [-0.3, -0.25) is 0 Å². The van der Waals surface area contributed by atoms with Gasteiger partial charge in [0.05, 0.1) is 16.9 Å². The van der Waals surface area contributed by atoms with Crippen LogP contribution in [-0.2, 0) is 4.74 Å². The largest absolute Gasteiger partial charge is 0.478 e. The molecule has 0 bridgehead atoms. The Bertz CT molecular complexity index is 561. The van der Waals surface area contributed by atoms with E-state index in [0.29, 0.717) is 8.95 Å². The first-order valence-electron chi connectivity index (χ1n) is 5.98. The molecule has 0 heterocycles. The molecule has 0 saturated carbocycles. The Balaban J connectivity index is 2.88. The average Bonchev–Trinajstić information content (AvgIpc) is 2.39. The number of methoxy groups -OCH3 is 1. The molecule has 1 rings (SSSR count). The summed E-state index contributed by atoms with van der Waals surface area (Å²) in [7, 11) is 1.55. The maximum atomic E-state index is 11.9. The lowest BCUT2D eigenvalue weighted by molar-refractivity contribution is 0.0257. The summed E-state index contributed by atoms with van der Waals surface area (Å²) >= 11 is 6.45. The monoisotopic (exact) mass is 422 g/mol. The predicted octanol–water partition coefficient (Wildman–Crippen LogP) is 3.46. The zero-order valence-electron chi connectivity index (χ0n) is 11.8. The number of nitrogens with one attached hydrogen (secondary N) is 2. The van der Waals surface area contributed by atoms with Crippen molar-refractivity contribution in [2.75, 3.05) is 19.0 Å². The van der Waals surface area contributed by atoms with Crippen molar-refractivity contribution in [3.63, 3.8) is 0 Å². The third kappa shape index (κ3) is 5.29. The molecule has 3 N–H and O–H groups in total. The Kier molecular flexibility index (Phi) is 6.18. The fourth-order valence-electron chi connectivity index (χ4n) is 1.39. The molecular weight excluding hydrogens is 408 g/mol. The summed E-state index contributed by atoms with van der Waals surface area (Å²) in [6.45, 7) is 3.93. The van der Waals surface area contributed by atoms with Crippen molar-refractivity contribution in [2.45, 2.75) is 19.4 Å². The molecule has 0 aliphatic carbocycles. The summed E-state index contributed by atoms with van der Waals surface area (Å²) in [5.41, 5.74) is -0.333. The Morgan fingerprint density at radius 2 is 1.95 bits per heavy atom. The molecule has 1 aromatic carbocycles. The van der Waals surface area contributed by atoms with Crippen LogP contribution in [0.1, 0.15) is 24.2 Å². The third-order valence-corrected chi connectivity index (χ3v) is 3.83. The summed E-state index contributed by atoms with van der Waals surface area (Å²) < 4.78 is 6.25. The zero-order valence-corrected chi connectivity index (χ0v) is 15.0. The number of halogens is 2. The van der Waals surface area contributed by atoms with Crippen LogP contribution in [0.25, 0.3) is 0 Å². The highest BCUT2D eigenvalue weighted by Crippen LogP contribution is 2.30. The topological polar surface area (TPSA) is 87.7 Å². The van der Waals surface area contributed by atoms with Gasteiger partial charge in [0, 0.05) is 22.6 Å². The van der Waals surface area contributed by atoms with Crippen LogP contribution in [0.15, 0.2) is 21.1 Å². The Hall–Kier alpha value is -1.12. The SMILES string of the molecule is COC(C)(C)CNC(=O)Nc1c(Br)cc(Br)cc1C(=O)O. The van der Waals surface area contributed by atoms with Gasteiger partial charge in [0.15, 0.2) is 0 Å². The van der Waals surface area contributed by atoms with Crippen LogP contribution < -0.4 is 10.6 Å². The van der Waals surface area contributed by atoms with Crippen molar-refractivity contribution in [1.29, 1.82) is 0 Å². The summed E-state index contributed by atoms with van der Waals surface area (Å²) in [5, 5.41) is 14.4. The van der Waals surface area contributed by atoms with Gasteiger partial charge in [0.2, 0.25) is 0 Å². The van der Waals surface area contributed by atoms with Crippen molar-refractivity contribution >= 4 is 49.5 Å². The van der Waals surface area contributed by atoms with E-state index in [-0.39, 0.29) is 17.8 Å². The van der Waals surface area contributed by atoms with Gasteiger partial charge in [0.1, 0.15) is 0 Å². The van der Waals surface area contributed by atoms with Crippen LogP contribution >= 0.6 is 31.9 Å². The number of hydrogen-bond donors (Lipinski definition) is 3. The summed E-state index contributed by atoms with van der Waals surface area (Å²) in [6, 6.07) is 2.56. The lowest BCUT2D eigenvalue weighted by atomic mass is 10.1. The molecular formula is C13H16Br2N2O4. The number of carbonyl (C=O) groups excluding carboxylic acids is 1. The quantitative estimate of drug-likeness (QED) is 0.676. The second kappa shape index (κ2) is 7.24. The normalized spacial score (nSPS) is 11.1. The van der Waals surface area contributed by atoms with Gasteiger partial charge in [-0.15, -0.1) is 0 Å². The van der Waals surface area contributed by atoms with Crippen molar-refractivity contribution < 1.29 is 19.4 Å². The molecule has 0 fully saturated rings. The standard InChI is InChI=1S/C13H16Br2N2O4/c1-13(2,21-3)6-16-12(20)17-10-8(11(18)19)4-7(14)5-9(10)15/h4-5H,6H2,1-3H3,(H,18,19)(H2,16,17,20). The first kappa shape index (κ1) is 17.9. The number of benzene rings is 1. The Morgan fingerprint density at radius 3 is 2.48 bits per heavy atom. The molecule has 0 spiro atoms. The first-order chi connectivity index (χ1) is 9.66. The molecule has 21 heavy (non-hydrogen) atoms. The highest BCUT2D eigenvalue weighted by Gasteiger charge is 2.20. The van der Waals surface area contributed by atoms with Crippen LogP contribution in [0.4, 0.5) is 10.5 Å². The lowest BCUT2D eigenvalue weighted by Crippen LogP contribution is -2.41. The summed E-state index contributed by atoms with van der Waals surface area (Å²) in [5.74, 6) is -1.13. The number of amides is 2. The highest BCUT2D eigenvalue weighted by molar-refractivity contribution is 9.11. The minimum Gasteiger partial charge on any atom is -0.478 e. The number of carboxylic acids is 1. The molecule has 0 aromatic heterocycles. The minimum atomic E-state index is -1.13. The van der Waals surface area contributed by atoms with Gasteiger partial charge in [-0.05, 0) is 41.9 Å². The molecule has 0 aliphatic heterocycles. The molecule has 1 aromatic rings. The van der Waals surface area contributed by atoms with E-state index >= 15 is 0 Å². The fraction of sp³-hybridized carbons (Fsp3) is 0.385. The lowest BCUT2D eigenvalue weighted by Gasteiger charge is -2.23. The van der Waals surface area contributed by atoms with Gasteiger partial charge >= 0.3 is 12.0 Å². The van der Waals surface area contributed by atoms with Crippen molar-refractivity contribution in [1.82, 2.24) is 5.32 Å². The second-order valence-electron chi connectivity index (χ2n) is 4.89. The van der Waals surface area contributed by atoms with E-state index < -0.39 is 17.6 Å². The van der Waals surface area contributed by atoms with Gasteiger partial charge in [0.25, 0.3) is 0 Å². The number of ether oxygens (including phenoxy) is 1. The van der Waals surface area contributed by atoms with Crippen molar-refractivity contribution in [2.24, 2.45) is 0 Å². The molecule has 0 unspecified atom stereocenters. The highest BCUT2D eigenvalue weighted by atomic mass is 79.9. The van der Waals surface area contributed by atoms with E-state index in [1.54, 1.807) is 13.2 Å².